The molecule has 1 atom stereocenters. The molecule has 182 valence electrons. The largest absolute Gasteiger partial charge is 0.444 e. The van der Waals surface area contributed by atoms with Crippen LogP contribution in [0.5, 0.6) is 0 Å². The number of ketones is 2. The molecule has 1 aliphatic heterocycles. The first-order chi connectivity index (χ1) is 15.9. The molecule has 0 spiro atoms. The van der Waals surface area contributed by atoms with Crippen LogP contribution in [0.3, 0.4) is 0 Å². The van der Waals surface area contributed by atoms with E-state index < -0.39 is 22.8 Å². The summed E-state index contributed by atoms with van der Waals surface area (Å²) in [7, 11) is 0. The number of halogens is 2. The number of nitrogens with zero attached hydrogens (tertiary/aromatic N) is 2. The van der Waals surface area contributed by atoms with E-state index in [2.05, 4.69) is 20.9 Å². The average Bonchev–Trinajstić information content (AvgIpc) is 2.76. The number of carbonyl (C=O) groups excluding carboxylic acids is 3. The molecule has 1 aliphatic rings. The second kappa shape index (κ2) is 10.3. The van der Waals surface area contributed by atoms with Crippen molar-refractivity contribution in [2.24, 2.45) is 5.41 Å². The van der Waals surface area contributed by atoms with E-state index in [0.717, 1.165) is 0 Å². The van der Waals surface area contributed by atoms with Crippen LogP contribution in [-0.4, -0.2) is 46.2 Å². The van der Waals surface area contributed by atoms with Gasteiger partial charge in [-0.25, -0.2) is 14.2 Å². The van der Waals surface area contributed by atoms with E-state index >= 15 is 0 Å². The highest BCUT2D eigenvalue weighted by molar-refractivity contribution is 9.10. The Balaban J connectivity index is 1.77. The van der Waals surface area contributed by atoms with E-state index in [0.29, 0.717) is 41.7 Å². The van der Waals surface area contributed by atoms with Crippen molar-refractivity contribution in [1.29, 1.82) is 0 Å². The minimum absolute atomic E-state index is 0.00952. The van der Waals surface area contributed by atoms with Crippen LogP contribution in [0.1, 0.15) is 68.8 Å². The van der Waals surface area contributed by atoms with E-state index in [9.17, 15) is 18.8 Å². The summed E-state index contributed by atoms with van der Waals surface area (Å²) < 4.78 is 19.4. The van der Waals surface area contributed by atoms with Crippen LogP contribution in [0.2, 0.25) is 0 Å². The van der Waals surface area contributed by atoms with Crippen LogP contribution >= 0.6 is 15.9 Å². The van der Waals surface area contributed by atoms with Gasteiger partial charge in [-0.15, -0.1) is 0 Å². The molecule has 1 saturated heterocycles. The summed E-state index contributed by atoms with van der Waals surface area (Å²) in [6.07, 6.45) is 2.18. The molecule has 0 bridgehead atoms. The molecule has 1 aromatic heterocycles. The monoisotopic (exact) mass is 532 g/mol. The molecule has 34 heavy (non-hydrogen) atoms. The van der Waals surface area contributed by atoms with Crippen LogP contribution in [0, 0.1) is 11.2 Å². The van der Waals surface area contributed by atoms with E-state index in [-0.39, 0.29) is 24.1 Å². The van der Waals surface area contributed by atoms with E-state index in [1.807, 2.05) is 27.7 Å². The number of rotatable bonds is 6. The lowest BCUT2D eigenvalue weighted by Gasteiger charge is -2.39. The number of hydrogen-bond acceptors (Lipinski definition) is 5. The van der Waals surface area contributed by atoms with Gasteiger partial charge in [0.15, 0.2) is 5.78 Å². The lowest BCUT2D eigenvalue weighted by Crippen LogP contribution is -2.47. The Bertz CT molecular complexity index is 1060. The predicted molar refractivity (Wildman–Crippen MR) is 130 cm³/mol. The smallest absolute Gasteiger partial charge is 0.410 e. The van der Waals surface area contributed by atoms with Crippen LogP contribution in [0.15, 0.2) is 47.2 Å². The van der Waals surface area contributed by atoms with Gasteiger partial charge in [0.2, 0.25) is 0 Å². The zero-order chi connectivity index (χ0) is 25.1. The topological polar surface area (TPSA) is 76.6 Å². The molecule has 1 fully saturated rings. The number of Topliss-reactive ketones (excluding diaryl/α,β-unsaturated/α-hetero) is 2. The van der Waals surface area contributed by atoms with E-state index in [4.69, 9.17) is 4.74 Å². The van der Waals surface area contributed by atoms with Gasteiger partial charge < -0.3 is 9.64 Å². The molecule has 0 aliphatic carbocycles. The number of likely N-dealkylation sites (tertiary alicyclic amines) is 1. The second-order valence-corrected chi connectivity index (χ2v) is 10.8. The normalized spacial score (nSPS) is 16.6. The number of pyridine rings is 1. The van der Waals surface area contributed by atoms with Gasteiger partial charge in [0.25, 0.3) is 0 Å². The first-order valence-corrected chi connectivity index (χ1v) is 12.1. The Hall–Kier alpha value is -2.61. The molecular weight excluding hydrogens is 503 g/mol. The molecular formula is C26H30BrFN2O4. The SMILES string of the molecule is CC(C)(C)OC(=O)N1CCC(C)(C(=O)CC(C(=O)c2ccc(F)cc2)c2ccnc(Br)c2)CC1. The Morgan fingerprint density at radius 2 is 1.76 bits per heavy atom. The van der Waals surface area contributed by atoms with Crippen molar-refractivity contribution in [3.63, 3.8) is 0 Å². The molecule has 6 nitrogen and oxygen atoms in total. The van der Waals surface area contributed by atoms with Gasteiger partial charge in [-0.1, -0.05) is 6.92 Å². The minimum atomic E-state index is -0.724. The fourth-order valence-electron chi connectivity index (χ4n) is 4.03. The number of benzene rings is 1. The van der Waals surface area contributed by atoms with Gasteiger partial charge in [0.1, 0.15) is 21.8 Å². The average molecular weight is 533 g/mol. The van der Waals surface area contributed by atoms with Crippen LogP contribution in [0.25, 0.3) is 0 Å². The van der Waals surface area contributed by atoms with E-state index in [1.165, 1.54) is 24.3 Å². The molecule has 3 rings (SSSR count). The maximum Gasteiger partial charge on any atom is 0.410 e. The lowest BCUT2D eigenvalue weighted by atomic mass is 9.72. The third kappa shape index (κ3) is 6.50. The molecule has 2 aromatic rings. The number of aromatic nitrogens is 1. The summed E-state index contributed by atoms with van der Waals surface area (Å²) in [6, 6.07) is 8.80. The third-order valence-corrected chi connectivity index (χ3v) is 6.61. The van der Waals surface area contributed by atoms with Gasteiger partial charge >= 0.3 is 6.09 Å². The molecule has 0 saturated carbocycles. The Morgan fingerprint density at radius 1 is 1.15 bits per heavy atom. The first kappa shape index (κ1) is 26.0. The fraction of sp³-hybridized carbons (Fsp3) is 0.462. The molecule has 0 N–H and O–H groups in total. The van der Waals surface area contributed by atoms with Crippen molar-refractivity contribution in [2.45, 2.75) is 58.5 Å². The van der Waals surface area contributed by atoms with Gasteiger partial charge in [-0.2, -0.15) is 0 Å². The van der Waals surface area contributed by atoms with Crippen molar-refractivity contribution in [1.82, 2.24) is 9.88 Å². The van der Waals surface area contributed by atoms with Gasteiger partial charge in [-0.3, -0.25) is 9.59 Å². The lowest BCUT2D eigenvalue weighted by molar-refractivity contribution is -0.130. The van der Waals surface area contributed by atoms with E-state index in [1.54, 1.807) is 23.2 Å². The van der Waals surface area contributed by atoms with Crippen molar-refractivity contribution in [3.05, 3.63) is 64.1 Å². The highest BCUT2D eigenvalue weighted by Gasteiger charge is 2.40. The fourth-order valence-corrected chi connectivity index (χ4v) is 4.41. The number of hydrogen-bond donors (Lipinski definition) is 0. The molecule has 8 heteroatoms. The Morgan fingerprint density at radius 3 is 2.32 bits per heavy atom. The van der Waals surface area contributed by atoms with Crippen molar-refractivity contribution in [3.8, 4) is 0 Å². The zero-order valence-electron chi connectivity index (χ0n) is 19.9. The highest BCUT2D eigenvalue weighted by Crippen LogP contribution is 2.37. The highest BCUT2D eigenvalue weighted by atomic mass is 79.9. The Kier molecular flexibility index (Phi) is 7.91. The van der Waals surface area contributed by atoms with Gasteiger partial charge in [0.05, 0.1) is 5.92 Å². The van der Waals surface area contributed by atoms with Gasteiger partial charge in [-0.05, 0) is 91.5 Å². The predicted octanol–water partition coefficient (Wildman–Crippen LogP) is 5.95. The third-order valence-electron chi connectivity index (χ3n) is 6.18. The van der Waals surface area contributed by atoms with Crippen molar-refractivity contribution in [2.75, 3.05) is 13.1 Å². The maximum absolute atomic E-state index is 13.5. The molecule has 1 aromatic carbocycles. The number of carbonyl (C=O) groups is 3. The number of amides is 1. The molecule has 0 radical (unpaired) electrons. The molecule has 1 unspecified atom stereocenters. The standard InChI is InChI=1S/C26H30BrFN2O4/c1-25(2,3)34-24(33)30-13-10-26(4,11-14-30)21(31)16-20(18-9-12-29-22(27)15-18)23(32)17-5-7-19(28)8-6-17/h5-9,12,15,20H,10-11,13-14,16H2,1-4H3. The summed E-state index contributed by atoms with van der Waals surface area (Å²) in [4.78, 5) is 45.0. The van der Waals surface area contributed by atoms with Gasteiger partial charge in [0, 0.05) is 36.7 Å². The quantitative estimate of drug-likeness (QED) is 0.339. The summed E-state index contributed by atoms with van der Waals surface area (Å²) in [5.41, 5.74) is -0.235. The zero-order valence-corrected chi connectivity index (χ0v) is 21.5. The van der Waals surface area contributed by atoms with Crippen LogP contribution in [-0.2, 0) is 9.53 Å². The van der Waals surface area contributed by atoms with Crippen molar-refractivity contribution < 1.29 is 23.5 Å². The summed E-state index contributed by atoms with van der Waals surface area (Å²) >= 11 is 3.33. The first-order valence-electron chi connectivity index (χ1n) is 11.3. The second-order valence-electron chi connectivity index (χ2n) is 9.99. The van der Waals surface area contributed by atoms with Crippen molar-refractivity contribution >= 4 is 33.6 Å². The number of piperidine rings is 1. The molecule has 2 heterocycles. The minimum Gasteiger partial charge on any atom is -0.444 e. The molecule has 1 amide bonds. The van der Waals surface area contributed by atoms with Crippen LogP contribution < -0.4 is 0 Å². The summed E-state index contributed by atoms with van der Waals surface area (Å²) in [5.74, 6) is -1.44. The maximum atomic E-state index is 13.5. The Labute approximate surface area is 208 Å². The number of ether oxygens (including phenoxy) is 1. The summed E-state index contributed by atoms with van der Waals surface area (Å²) in [6.45, 7) is 8.17. The summed E-state index contributed by atoms with van der Waals surface area (Å²) in [5, 5.41) is 0. The van der Waals surface area contributed by atoms with Crippen LogP contribution in [0.4, 0.5) is 9.18 Å².